The molecule has 0 aromatic carbocycles. The summed E-state index contributed by atoms with van der Waals surface area (Å²) in [5.41, 5.74) is 6.03. The molecule has 1 heterocycles. The summed E-state index contributed by atoms with van der Waals surface area (Å²) in [4.78, 5) is 10.9. The van der Waals surface area contributed by atoms with E-state index >= 15 is 0 Å². The van der Waals surface area contributed by atoms with Crippen LogP contribution in [-0.2, 0) is 18.4 Å². The Balaban J connectivity index is 2.47. The van der Waals surface area contributed by atoms with Gasteiger partial charge in [-0.3, -0.25) is 9.48 Å². The summed E-state index contributed by atoms with van der Waals surface area (Å²) in [5.74, 6) is -0.775. The summed E-state index contributed by atoms with van der Waals surface area (Å²) in [7, 11) is 1.59. The number of carbonyl (C=O) groups excluding carboxylic acids is 1. The van der Waals surface area contributed by atoms with Gasteiger partial charge in [-0.2, -0.15) is 18.3 Å². The summed E-state index contributed by atoms with van der Waals surface area (Å²) in [6, 6.07) is 0. The predicted molar refractivity (Wildman–Crippen MR) is 50.1 cm³/mol. The second-order valence-corrected chi connectivity index (χ2v) is 3.25. The highest BCUT2D eigenvalue weighted by Crippen LogP contribution is 2.19. The fraction of sp³-hybridized carbons (Fsp3) is 0.500. The molecule has 0 aliphatic carbocycles. The van der Waals surface area contributed by atoms with E-state index in [0.29, 0.717) is 11.4 Å². The molecular formula is C8H11F3N4O. The highest BCUT2D eigenvalue weighted by molar-refractivity contribution is 5.76. The molecular weight excluding hydrogens is 225 g/mol. The van der Waals surface area contributed by atoms with Gasteiger partial charge in [0.1, 0.15) is 12.2 Å². The van der Waals surface area contributed by atoms with Gasteiger partial charge in [-0.15, -0.1) is 0 Å². The average Bonchev–Trinajstić information content (AvgIpc) is 2.42. The Morgan fingerprint density at radius 3 is 2.69 bits per heavy atom. The number of hydrogen-bond acceptors (Lipinski definition) is 3. The van der Waals surface area contributed by atoms with Crippen LogP contribution in [0.5, 0.6) is 0 Å². The third kappa shape index (κ3) is 3.44. The van der Waals surface area contributed by atoms with E-state index < -0.39 is 18.5 Å². The zero-order valence-corrected chi connectivity index (χ0v) is 8.51. The number of nitrogens with one attached hydrogen (secondary N) is 1. The zero-order chi connectivity index (χ0) is 12.3. The maximum atomic E-state index is 11.8. The van der Waals surface area contributed by atoms with Crippen LogP contribution < -0.4 is 11.1 Å². The van der Waals surface area contributed by atoms with E-state index in [1.54, 1.807) is 7.05 Å². The molecule has 0 radical (unpaired) electrons. The van der Waals surface area contributed by atoms with Crippen molar-refractivity contribution in [3.05, 3.63) is 11.8 Å². The van der Waals surface area contributed by atoms with E-state index in [4.69, 9.17) is 5.73 Å². The van der Waals surface area contributed by atoms with Crippen molar-refractivity contribution < 1.29 is 18.0 Å². The second kappa shape index (κ2) is 4.42. The molecule has 16 heavy (non-hydrogen) atoms. The number of nitrogens with zero attached hydrogens (tertiary/aromatic N) is 2. The largest absolute Gasteiger partial charge is 0.397 e. The second-order valence-electron chi connectivity index (χ2n) is 3.25. The van der Waals surface area contributed by atoms with E-state index in [1.165, 1.54) is 10.9 Å². The van der Waals surface area contributed by atoms with Crippen LogP contribution in [0.2, 0.25) is 0 Å². The Labute approximate surface area is 89.4 Å². The molecule has 5 nitrogen and oxygen atoms in total. The third-order valence-electron chi connectivity index (χ3n) is 1.90. The molecule has 0 aliphatic rings. The first kappa shape index (κ1) is 12.3. The molecule has 0 spiro atoms. The SMILES string of the molecule is Cn1ncc(CNC(=O)CC(F)(F)F)c1N. The Bertz CT molecular complexity index is 385. The summed E-state index contributed by atoms with van der Waals surface area (Å²) >= 11 is 0. The van der Waals surface area contributed by atoms with Gasteiger partial charge in [-0.25, -0.2) is 0 Å². The number of alkyl halides is 3. The number of nitrogens with two attached hydrogens (primary N) is 1. The minimum atomic E-state index is -4.50. The van der Waals surface area contributed by atoms with Gasteiger partial charge >= 0.3 is 6.18 Å². The first-order chi connectivity index (χ1) is 7.29. The monoisotopic (exact) mass is 236 g/mol. The molecule has 8 heteroatoms. The van der Waals surface area contributed by atoms with E-state index in [-0.39, 0.29) is 6.54 Å². The lowest BCUT2D eigenvalue weighted by Gasteiger charge is -2.07. The molecule has 1 rings (SSSR count). The van der Waals surface area contributed by atoms with Crippen LogP contribution in [-0.4, -0.2) is 21.9 Å². The maximum Gasteiger partial charge on any atom is 0.397 e. The number of aromatic nitrogens is 2. The van der Waals surface area contributed by atoms with Gasteiger partial charge in [-0.05, 0) is 0 Å². The van der Waals surface area contributed by atoms with Crippen LogP contribution in [0.4, 0.5) is 19.0 Å². The van der Waals surface area contributed by atoms with Crippen LogP contribution >= 0.6 is 0 Å². The number of rotatable bonds is 3. The number of anilines is 1. The van der Waals surface area contributed by atoms with Crippen molar-refractivity contribution in [1.82, 2.24) is 15.1 Å². The smallest absolute Gasteiger partial charge is 0.384 e. The van der Waals surface area contributed by atoms with E-state index in [0.717, 1.165) is 0 Å². The summed E-state index contributed by atoms with van der Waals surface area (Å²) in [6.07, 6.45) is -4.60. The van der Waals surface area contributed by atoms with Crippen LogP contribution in [0.1, 0.15) is 12.0 Å². The standard InChI is InChI=1S/C8H11F3N4O/c1-15-7(12)5(4-14-15)3-13-6(16)2-8(9,10)11/h4H,2-3,12H2,1H3,(H,13,16). The van der Waals surface area contributed by atoms with Gasteiger partial charge in [0, 0.05) is 19.2 Å². The topological polar surface area (TPSA) is 72.9 Å². The molecule has 0 bridgehead atoms. The van der Waals surface area contributed by atoms with Gasteiger partial charge in [0.15, 0.2) is 0 Å². The van der Waals surface area contributed by atoms with Crippen molar-refractivity contribution in [2.24, 2.45) is 7.05 Å². The molecule has 0 fully saturated rings. The van der Waals surface area contributed by atoms with Crippen molar-refractivity contribution in [3.8, 4) is 0 Å². The number of carbonyl (C=O) groups is 1. The van der Waals surface area contributed by atoms with Gasteiger partial charge in [0.2, 0.25) is 5.91 Å². The van der Waals surface area contributed by atoms with Gasteiger partial charge in [0.25, 0.3) is 0 Å². The number of aryl methyl sites for hydroxylation is 1. The number of halogens is 3. The van der Waals surface area contributed by atoms with Crippen molar-refractivity contribution in [1.29, 1.82) is 0 Å². The van der Waals surface area contributed by atoms with E-state index in [2.05, 4.69) is 10.4 Å². The number of hydrogen-bond donors (Lipinski definition) is 2. The van der Waals surface area contributed by atoms with Crippen molar-refractivity contribution in [2.75, 3.05) is 5.73 Å². The molecule has 0 saturated carbocycles. The molecule has 0 saturated heterocycles. The van der Waals surface area contributed by atoms with E-state index in [1.807, 2.05) is 0 Å². The normalized spacial score (nSPS) is 11.5. The molecule has 0 unspecified atom stereocenters. The van der Waals surface area contributed by atoms with Crippen LogP contribution in [0.15, 0.2) is 6.20 Å². The van der Waals surface area contributed by atoms with Crippen LogP contribution in [0.3, 0.4) is 0 Å². The third-order valence-corrected chi connectivity index (χ3v) is 1.90. The summed E-state index contributed by atoms with van der Waals surface area (Å²) in [5, 5.41) is 5.90. The minimum absolute atomic E-state index is 0.0609. The fourth-order valence-corrected chi connectivity index (χ4v) is 1.07. The highest BCUT2D eigenvalue weighted by atomic mass is 19.4. The summed E-state index contributed by atoms with van der Waals surface area (Å²) < 4.78 is 36.8. The van der Waals surface area contributed by atoms with Gasteiger partial charge < -0.3 is 11.1 Å². The maximum absolute atomic E-state index is 11.8. The Kier molecular flexibility index (Phi) is 3.41. The molecule has 0 atom stereocenters. The number of nitrogen functional groups attached to an aromatic ring is 1. The van der Waals surface area contributed by atoms with E-state index in [9.17, 15) is 18.0 Å². The zero-order valence-electron chi connectivity index (χ0n) is 8.51. The quantitative estimate of drug-likeness (QED) is 0.805. The average molecular weight is 236 g/mol. The van der Waals surface area contributed by atoms with Crippen LogP contribution in [0.25, 0.3) is 0 Å². The molecule has 1 aromatic heterocycles. The van der Waals surface area contributed by atoms with Crippen molar-refractivity contribution >= 4 is 11.7 Å². The Morgan fingerprint density at radius 1 is 1.62 bits per heavy atom. The molecule has 0 aliphatic heterocycles. The Hall–Kier alpha value is -1.73. The first-order valence-electron chi connectivity index (χ1n) is 4.39. The number of amides is 1. The lowest BCUT2D eigenvalue weighted by atomic mass is 10.3. The highest BCUT2D eigenvalue weighted by Gasteiger charge is 2.31. The lowest BCUT2D eigenvalue weighted by molar-refractivity contribution is -0.153. The minimum Gasteiger partial charge on any atom is -0.384 e. The van der Waals surface area contributed by atoms with Gasteiger partial charge in [-0.1, -0.05) is 0 Å². The first-order valence-corrected chi connectivity index (χ1v) is 4.39. The fourth-order valence-electron chi connectivity index (χ4n) is 1.07. The predicted octanol–water partition coefficient (Wildman–Crippen LogP) is 0.571. The molecule has 1 aromatic rings. The Morgan fingerprint density at radius 2 is 2.25 bits per heavy atom. The van der Waals surface area contributed by atoms with Crippen molar-refractivity contribution in [2.45, 2.75) is 19.1 Å². The van der Waals surface area contributed by atoms with Crippen LogP contribution in [0, 0.1) is 0 Å². The van der Waals surface area contributed by atoms with Gasteiger partial charge in [0.05, 0.1) is 6.20 Å². The lowest BCUT2D eigenvalue weighted by Crippen LogP contribution is -2.28. The molecule has 90 valence electrons. The van der Waals surface area contributed by atoms with Crippen molar-refractivity contribution in [3.63, 3.8) is 0 Å². The summed E-state index contributed by atoms with van der Waals surface area (Å²) in [6.45, 7) is -0.0609. The molecule has 3 N–H and O–H groups in total. The molecule has 1 amide bonds.